The first-order valence-corrected chi connectivity index (χ1v) is 9.48. The molecule has 0 unspecified atom stereocenters. The third kappa shape index (κ3) is 5.29. The molecule has 0 fully saturated rings. The molecule has 0 saturated heterocycles. The lowest BCUT2D eigenvalue weighted by Crippen LogP contribution is -2.34. The number of para-hydroxylation sites is 1. The lowest BCUT2D eigenvalue weighted by Gasteiger charge is -2.03. The van der Waals surface area contributed by atoms with Crippen molar-refractivity contribution in [3.05, 3.63) is 49.9 Å². The second-order valence-corrected chi connectivity index (χ2v) is 6.68. The van der Waals surface area contributed by atoms with Crippen LogP contribution in [0.4, 0.5) is 5.69 Å². The van der Waals surface area contributed by atoms with Gasteiger partial charge < -0.3 is 15.7 Å². The molecular formula is C19H22N4O3S. The van der Waals surface area contributed by atoms with Gasteiger partial charge in [0.15, 0.2) is 5.57 Å². The van der Waals surface area contributed by atoms with E-state index in [1.807, 2.05) is 36.4 Å². The zero-order valence-electron chi connectivity index (χ0n) is 15.1. The van der Waals surface area contributed by atoms with E-state index in [0.29, 0.717) is 35.1 Å². The molecule has 1 heterocycles. The van der Waals surface area contributed by atoms with Crippen LogP contribution >= 0.6 is 11.3 Å². The molecule has 8 heteroatoms. The Morgan fingerprint density at radius 3 is 2.70 bits per heavy atom. The number of rotatable bonds is 8. The van der Waals surface area contributed by atoms with Gasteiger partial charge in [0.1, 0.15) is 15.3 Å². The first-order valence-electron chi connectivity index (χ1n) is 8.67. The van der Waals surface area contributed by atoms with Crippen LogP contribution < -0.4 is 25.4 Å². The Labute approximate surface area is 160 Å². The molecule has 0 saturated carbocycles. The number of carbonyl (C=O) groups excluding carboxylic acids is 1. The minimum Gasteiger partial charge on any atom is -0.396 e. The number of nitriles is 1. The number of hydrogen-bond acceptors (Lipinski definition) is 6. The number of aromatic nitrogens is 1. The molecule has 0 atom stereocenters. The van der Waals surface area contributed by atoms with Gasteiger partial charge in [-0.1, -0.05) is 18.2 Å². The summed E-state index contributed by atoms with van der Waals surface area (Å²) >= 11 is 1.11. The Morgan fingerprint density at radius 1 is 1.33 bits per heavy atom. The average molecular weight is 386 g/mol. The molecule has 1 amide bonds. The van der Waals surface area contributed by atoms with Crippen molar-refractivity contribution in [3.8, 4) is 6.07 Å². The summed E-state index contributed by atoms with van der Waals surface area (Å²) in [6.45, 7) is 2.56. The highest BCUT2D eigenvalue weighted by molar-refractivity contribution is 7.07. The van der Waals surface area contributed by atoms with Gasteiger partial charge in [-0.3, -0.25) is 14.2 Å². The van der Waals surface area contributed by atoms with Gasteiger partial charge >= 0.3 is 0 Å². The third-order valence-electron chi connectivity index (χ3n) is 3.79. The number of hydrogen-bond donors (Lipinski definition) is 3. The van der Waals surface area contributed by atoms with E-state index in [2.05, 4.69) is 10.6 Å². The summed E-state index contributed by atoms with van der Waals surface area (Å²) in [5.41, 5.74) is 0.505. The van der Waals surface area contributed by atoms with Gasteiger partial charge in [0, 0.05) is 31.6 Å². The first-order chi connectivity index (χ1) is 13.1. The fourth-order valence-electron chi connectivity index (χ4n) is 2.40. The van der Waals surface area contributed by atoms with Crippen LogP contribution in [0.3, 0.4) is 0 Å². The Balaban J connectivity index is 2.40. The second kappa shape index (κ2) is 10.3. The molecule has 0 spiro atoms. The van der Waals surface area contributed by atoms with E-state index in [4.69, 9.17) is 5.11 Å². The van der Waals surface area contributed by atoms with Crippen molar-refractivity contribution < 1.29 is 9.90 Å². The SMILES string of the molecule is CCn1c(=O)/c(=C\Nc2ccccc2)s/c1=C(/C#N)C(=O)NCCCCO. The van der Waals surface area contributed by atoms with Crippen LogP contribution in [0.1, 0.15) is 19.8 Å². The van der Waals surface area contributed by atoms with Gasteiger partial charge in [0.2, 0.25) is 0 Å². The molecule has 7 nitrogen and oxygen atoms in total. The summed E-state index contributed by atoms with van der Waals surface area (Å²) in [5, 5.41) is 24.0. The largest absolute Gasteiger partial charge is 0.396 e. The third-order valence-corrected chi connectivity index (χ3v) is 4.92. The van der Waals surface area contributed by atoms with Gasteiger partial charge in [-0.15, -0.1) is 11.3 Å². The van der Waals surface area contributed by atoms with Gasteiger partial charge in [0.25, 0.3) is 11.5 Å². The molecule has 1 aromatic heterocycles. The first kappa shape index (κ1) is 20.4. The molecule has 142 valence electrons. The summed E-state index contributed by atoms with van der Waals surface area (Å²) in [7, 11) is 0. The maximum atomic E-state index is 12.6. The van der Waals surface area contributed by atoms with E-state index < -0.39 is 5.91 Å². The van der Waals surface area contributed by atoms with Crippen LogP contribution in [0.2, 0.25) is 0 Å². The summed E-state index contributed by atoms with van der Waals surface area (Å²) < 4.78 is 2.18. The number of aliphatic hydroxyl groups is 1. The molecule has 27 heavy (non-hydrogen) atoms. The van der Waals surface area contributed by atoms with Crippen LogP contribution in [0.15, 0.2) is 35.1 Å². The van der Waals surface area contributed by atoms with Gasteiger partial charge in [0.05, 0.1) is 0 Å². The van der Waals surface area contributed by atoms with E-state index in [1.54, 1.807) is 13.1 Å². The second-order valence-electron chi connectivity index (χ2n) is 5.65. The summed E-state index contributed by atoms with van der Waals surface area (Å²) in [6, 6.07) is 11.3. The van der Waals surface area contributed by atoms with Crippen molar-refractivity contribution in [1.82, 2.24) is 9.88 Å². The van der Waals surface area contributed by atoms with E-state index in [-0.39, 0.29) is 17.7 Å². The van der Waals surface area contributed by atoms with E-state index >= 15 is 0 Å². The summed E-state index contributed by atoms with van der Waals surface area (Å²) in [5.74, 6) is -0.513. The van der Waals surface area contributed by atoms with Crippen LogP contribution in [0.25, 0.3) is 11.8 Å². The maximum Gasteiger partial charge on any atom is 0.270 e. The average Bonchev–Trinajstić information content (AvgIpc) is 3.00. The zero-order valence-corrected chi connectivity index (χ0v) is 15.9. The van der Waals surface area contributed by atoms with E-state index in [1.165, 1.54) is 4.57 Å². The molecular weight excluding hydrogens is 364 g/mol. The normalized spacial score (nSPS) is 12.4. The quantitative estimate of drug-likeness (QED) is 0.567. The van der Waals surface area contributed by atoms with Gasteiger partial charge in [-0.05, 0) is 31.9 Å². The molecule has 0 aliphatic rings. The van der Waals surface area contributed by atoms with Crippen molar-refractivity contribution in [2.75, 3.05) is 18.5 Å². The Morgan fingerprint density at radius 2 is 2.07 bits per heavy atom. The van der Waals surface area contributed by atoms with E-state index in [9.17, 15) is 14.9 Å². The Kier molecular flexibility index (Phi) is 7.79. The van der Waals surface area contributed by atoms with Crippen molar-refractivity contribution in [1.29, 1.82) is 5.26 Å². The van der Waals surface area contributed by atoms with Crippen molar-refractivity contribution in [2.24, 2.45) is 0 Å². The highest BCUT2D eigenvalue weighted by Gasteiger charge is 2.14. The van der Waals surface area contributed by atoms with Gasteiger partial charge in [-0.25, -0.2) is 0 Å². The lowest BCUT2D eigenvalue weighted by molar-refractivity contribution is -0.115. The van der Waals surface area contributed by atoms with Gasteiger partial charge in [-0.2, -0.15) is 5.26 Å². The summed E-state index contributed by atoms with van der Waals surface area (Å²) in [4.78, 5) is 24.9. The lowest BCUT2D eigenvalue weighted by atomic mass is 10.2. The Bertz CT molecular complexity index is 987. The highest BCUT2D eigenvalue weighted by Crippen LogP contribution is 2.04. The molecule has 2 rings (SSSR count). The molecule has 0 aliphatic carbocycles. The topological polar surface area (TPSA) is 107 Å². The molecule has 1 aromatic carbocycles. The van der Waals surface area contributed by atoms with Crippen LogP contribution in [0, 0.1) is 11.3 Å². The number of anilines is 1. The number of benzene rings is 1. The minimum atomic E-state index is -0.513. The fraction of sp³-hybridized carbons (Fsp3) is 0.316. The maximum absolute atomic E-state index is 12.6. The highest BCUT2D eigenvalue weighted by atomic mass is 32.1. The monoisotopic (exact) mass is 386 g/mol. The number of nitrogens with zero attached hydrogens (tertiary/aromatic N) is 2. The zero-order chi connectivity index (χ0) is 19.6. The number of aliphatic hydroxyl groups excluding tert-OH is 1. The van der Waals surface area contributed by atoms with Crippen LogP contribution in [0.5, 0.6) is 0 Å². The number of thiazole rings is 1. The smallest absolute Gasteiger partial charge is 0.270 e. The molecule has 0 aliphatic heterocycles. The predicted octanol–water partition coefficient (Wildman–Crippen LogP) is 0.343. The van der Waals surface area contributed by atoms with Crippen molar-refractivity contribution in [2.45, 2.75) is 26.3 Å². The minimum absolute atomic E-state index is 0.0542. The molecule has 0 bridgehead atoms. The summed E-state index contributed by atoms with van der Waals surface area (Å²) in [6.07, 6.45) is 2.78. The van der Waals surface area contributed by atoms with Crippen LogP contribution in [-0.2, 0) is 11.3 Å². The number of carbonyl (C=O) groups is 1. The van der Waals surface area contributed by atoms with Crippen molar-refractivity contribution in [3.63, 3.8) is 0 Å². The standard InChI is InChI=1S/C19H22N4O3S/c1-2-23-18(26)16(13-22-14-8-4-3-5-9-14)27-19(23)15(12-20)17(25)21-10-6-7-11-24/h3-5,8-9,13,22,24H,2,6-7,10-11H2,1H3,(H,21,25)/b16-13+,19-15-. The number of nitrogens with one attached hydrogen (secondary N) is 2. The van der Waals surface area contributed by atoms with Crippen LogP contribution in [-0.4, -0.2) is 28.7 Å². The molecule has 3 N–H and O–H groups in total. The predicted molar refractivity (Wildman–Crippen MR) is 106 cm³/mol. The molecule has 0 radical (unpaired) electrons. The number of unbranched alkanes of at least 4 members (excludes halogenated alkanes) is 1. The fourth-order valence-corrected chi connectivity index (χ4v) is 3.48. The van der Waals surface area contributed by atoms with E-state index in [0.717, 1.165) is 17.0 Å². The Hall–Kier alpha value is -2.89. The number of amides is 1. The molecule has 2 aromatic rings. The van der Waals surface area contributed by atoms with Crippen molar-refractivity contribution >= 4 is 34.7 Å².